The Labute approximate surface area is 151 Å². The number of sulfone groups is 1. The summed E-state index contributed by atoms with van der Waals surface area (Å²) in [6, 6.07) is 12.7. The lowest BCUT2D eigenvalue weighted by Crippen LogP contribution is -2.14. The average Bonchev–Trinajstić information content (AvgIpc) is 2.96. The maximum Gasteiger partial charge on any atom is 0.175 e. The summed E-state index contributed by atoms with van der Waals surface area (Å²) >= 11 is 0. The molecule has 2 aromatic carbocycles. The molecule has 0 bridgehead atoms. The van der Waals surface area contributed by atoms with Gasteiger partial charge in [-0.05, 0) is 31.2 Å². The Balaban J connectivity index is 1.94. The minimum atomic E-state index is -3.30. The zero-order valence-corrected chi connectivity index (χ0v) is 15.5. The molecule has 0 saturated heterocycles. The first-order valence-corrected chi connectivity index (χ1v) is 9.97. The second-order valence-electron chi connectivity index (χ2n) is 6.22. The monoisotopic (exact) mass is 370 g/mol. The molecule has 0 radical (unpaired) electrons. The Morgan fingerprint density at radius 3 is 2.73 bits per heavy atom. The molecule has 0 atom stereocenters. The number of ether oxygens (including phenoxy) is 2. The number of hydrogen-bond donors (Lipinski definition) is 0. The highest BCUT2D eigenvalue weighted by molar-refractivity contribution is 7.90. The van der Waals surface area contributed by atoms with E-state index in [0.717, 1.165) is 34.2 Å². The third-order valence-electron chi connectivity index (χ3n) is 4.42. The van der Waals surface area contributed by atoms with Gasteiger partial charge in [-0.1, -0.05) is 12.1 Å². The molecule has 6 nitrogen and oxygen atoms in total. The highest BCUT2D eigenvalue weighted by Crippen LogP contribution is 2.38. The van der Waals surface area contributed by atoms with Gasteiger partial charge in [-0.2, -0.15) is 0 Å². The van der Waals surface area contributed by atoms with Gasteiger partial charge in [0.1, 0.15) is 18.1 Å². The molecule has 3 aromatic rings. The summed E-state index contributed by atoms with van der Waals surface area (Å²) in [5.74, 6) is 2.07. The minimum absolute atomic E-state index is 0.236. The second-order valence-corrected chi connectivity index (χ2v) is 8.24. The van der Waals surface area contributed by atoms with E-state index in [1.165, 1.54) is 6.26 Å². The SMILES string of the molecule is COc1cccc(-c2c(C)nc3n2-c2ccc(S(C)(=O)=O)cc2OC3)c1. The lowest BCUT2D eigenvalue weighted by atomic mass is 10.1. The Kier molecular flexibility index (Phi) is 3.77. The summed E-state index contributed by atoms with van der Waals surface area (Å²) in [4.78, 5) is 4.87. The van der Waals surface area contributed by atoms with Crippen LogP contribution in [-0.2, 0) is 16.4 Å². The van der Waals surface area contributed by atoms with Crippen molar-refractivity contribution in [1.82, 2.24) is 9.55 Å². The Hall–Kier alpha value is -2.80. The number of nitrogens with zero attached hydrogens (tertiary/aromatic N) is 2. The van der Waals surface area contributed by atoms with E-state index in [1.54, 1.807) is 25.3 Å². The van der Waals surface area contributed by atoms with E-state index in [9.17, 15) is 8.42 Å². The first kappa shape index (κ1) is 16.7. The molecular weight excluding hydrogens is 352 g/mol. The molecule has 7 heteroatoms. The van der Waals surface area contributed by atoms with Crippen molar-refractivity contribution >= 4 is 9.84 Å². The largest absolute Gasteiger partial charge is 0.497 e. The van der Waals surface area contributed by atoms with Crippen LogP contribution in [0.1, 0.15) is 11.5 Å². The van der Waals surface area contributed by atoms with E-state index in [2.05, 4.69) is 4.98 Å². The average molecular weight is 370 g/mol. The molecule has 0 spiro atoms. The van der Waals surface area contributed by atoms with Crippen molar-refractivity contribution in [2.45, 2.75) is 18.4 Å². The van der Waals surface area contributed by atoms with Gasteiger partial charge >= 0.3 is 0 Å². The van der Waals surface area contributed by atoms with E-state index < -0.39 is 9.84 Å². The third-order valence-corrected chi connectivity index (χ3v) is 5.53. The predicted molar refractivity (Wildman–Crippen MR) is 97.7 cm³/mol. The van der Waals surface area contributed by atoms with Gasteiger partial charge in [0.05, 0.1) is 29.1 Å². The van der Waals surface area contributed by atoms with Crippen LogP contribution in [0.3, 0.4) is 0 Å². The van der Waals surface area contributed by atoms with Crippen LogP contribution >= 0.6 is 0 Å². The van der Waals surface area contributed by atoms with Crippen LogP contribution in [0, 0.1) is 6.92 Å². The zero-order valence-electron chi connectivity index (χ0n) is 14.7. The standard InChI is InChI=1S/C19H18N2O4S/c1-12-19(13-5-4-6-14(9-13)24-2)21-16-8-7-15(26(3,22)23)10-17(16)25-11-18(21)20-12/h4-10H,11H2,1-3H3. The molecule has 0 saturated carbocycles. The normalized spacial score (nSPS) is 12.9. The summed E-state index contributed by atoms with van der Waals surface area (Å²) in [5.41, 5.74) is 3.56. The van der Waals surface area contributed by atoms with Gasteiger partial charge in [0.15, 0.2) is 15.7 Å². The Morgan fingerprint density at radius 1 is 1.19 bits per heavy atom. The molecule has 0 unspecified atom stereocenters. The fourth-order valence-electron chi connectivity index (χ4n) is 3.22. The van der Waals surface area contributed by atoms with Crippen molar-refractivity contribution in [2.75, 3.05) is 13.4 Å². The number of rotatable bonds is 3. The summed E-state index contributed by atoms with van der Waals surface area (Å²) in [6.07, 6.45) is 1.19. The molecule has 1 aliphatic heterocycles. The lowest BCUT2D eigenvalue weighted by Gasteiger charge is -2.22. The second kappa shape index (κ2) is 5.88. The van der Waals surface area contributed by atoms with Crippen LogP contribution in [0.4, 0.5) is 0 Å². The number of aryl methyl sites for hydroxylation is 1. The highest BCUT2D eigenvalue weighted by Gasteiger charge is 2.25. The number of hydrogen-bond acceptors (Lipinski definition) is 5. The van der Waals surface area contributed by atoms with Crippen molar-refractivity contribution in [1.29, 1.82) is 0 Å². The molecule has 134 valence electrons. The maximum atomic E-state index is 11.8. The number of methoxy groups -OCH3 is 1. The van der Waals surface area contributed by atoms with Crippen LogP contribution in [0.15, 0.2) is 47.4 Å². The van der Waals surface area contributed by atoms with Gasteiger partial charge in [0, 0.05) is 17.9 Å². The molecule has 4 rings (SSSR count). The molecule has 0 N–H and O–H groups in total. The minimum Gasteiger partial charge on any atom is -0.497 e. The number of fused-ring (bicyclic) bond motifs is 3. The number of imidazole rings is 1. The molecule has 0 aliphatic carbocycles. The molecule has 1 aromatic heterocycles. The van der Waals surface area contributed by atoms with Gasteiger partial charge in [0.2, 0.25) is 0 Å². The van der Waals surface area contributed by atoms with Crippen molar-refractivity contribution in [3.05, 3.63) is 54.0 Å². The summed E-state index contributed by atoms with van der Waals surface area (Å²) in [5, 5.41) is 0. The Morgan fingerprint density at radius 2 is 2.00 bits per heavy atom. The molecule has 26 heavy (non-hydrogen) atoms. The van der Waals surface area contributed by atoms with Crippen LogP contribution in [0.5, 0.6) is 11.5 Å². The van der Waals surface area contributed by atoms with E-state index in [4.69, 9.17) is 9.47 Å². The fraction of sp³-hybridized carbons (Fsp3) is 0.211. The fourth-order valence-corrected chi connectivity index (χ4v) is 3.86. The van der Waals surface area contributed by atoms with E-state index in [-0.39, 0.29) is 11.5 Å². The Bertz CT molecular complexity index is 1120. The summed E-state index contributed by atoms with van der Waals surface area (Å²) in [6.45, 7) is 2.23. The van der Waals surface area contributed by atoms with E-state index in [0.29, 0.717) is 5.75 Å². The van der Waals surface area contributed by atoms with Crippen molar-refractivity contribution in [3.8, 4) is 28.4 Å². The van der Waals surface area contributed by atoms with Crippen molar-refractivity contribution < 1.29 is 17.9 Å². The smallest absolute Gasteiger partial charge is 0.175 e. The predicted octanol–water partition coefficient (Wildman–Crippen LogP) is 3.15. The van der Waals surface area contributed by atoms with E-state index in [1.807, 2.05) is 35.8 Å². The third kappa shape index (κ3) is 2.64. The zero-order chi connectivity index (χ0) is 18.5. The van der Waals surface area contributed by atoms with E-state index >= 15 is 0 Å². The van der Waals surface area contributed by atoms with Gasteiger partial charge in [-0.15, -0.1) is 0 Å². The molecule has 1 aliphatic rings. The maximum absolute atomic E-state index is 11.8. The summed E-state index contributed by atoms with van der Waals surface area (Å²) in [7, 11) is -1.67. The molecule has 0 amide bonds. The van der Waals surface area contributed by atoms with Gasteiger partial charge < -0.3 is 9.47 Å². The van der Waals surface area contributed by atoms with Crippen LogP contribution < -0.4 is 9.47 Å². The first-order valence-electron chi connectivity index (χ1n) is 8.08. The van der Waals surface area contributed by atoms with Crippen molar-refractivity contribution in [2.24, 2.45) is 0 Å². The molecule has 0 fully saturated rings. The van der Waals surface area contributed by atoms with Gasteiger partial charge in [0.25, 0.3) is 0 Å². The first-order chi connectivity index (χ1) is 12.4. The summed E-state index contributed by atoms with van der Waals surface area (Å²) < 4.78 is 36.8. The van der Waals surface area contributed by atoms with Gasteiger partial charge in [-0.3, -0.25) is 4.57 Å². The lowest BCUT2D eigenvalue weighted by molar-refractivity contribution is 0.279. The number of benzene rings is 2. The topological polar surface area (TPSA) is 70.4 Å². The van der Waals surface area contributed by atoms with Crippen molar-refractivity contribution in [3.63, 3.8) is 0 Å². The van der Waals surface area contributed by atoms with Gasteiger partial charge in [-0.25, -0.2) is 13.4 Å². The van der Waals surface area contributed by atoms with Crippen LogP contribution in [0.2, 0.25) is 0 Å². The quantitative estimate of drug-likeness (QED) is 0.708. The molecular formula is C19H18N2O4S. The van der Waals surface area contributed by atoms with Crippen LogP contribution in [-0.4, -0.2) is 31.3 Å². The van der Waals surface area contributed by atoms with Crippen LogP contribution in [0.25, 0.3) is 16.9 Å². The molecule has 2 heterocycles. The number of aromatic nitrogens is 2. The highest BCUT2D eigenvalue weighted by atomic mass is 32.2.